The third-order valence-corrected chi connectivity index (χ3v) is 4.85. The van der Waals surface area contributed by atoms with Crippen molar-refractivity contribution < 1.29 is 18.7 Å². The number of aryl methyl sites for hydroxylation is 2. The van der Waals surface area contributed by atoms with E-state index in [1.807, 2.05) is 32.0 Å². The van der Waals surface area contributed by atoms with Crippen LogP contribution in [0.1, 0.15) is 28.2 Å². The van der Waals surface area contributed by atoms with Crippen LogP contribution in [0.2, 0.25) is 0 Å². The molecule has 0 bridgehead atoms. The van der Waals surface area contributed by atoms with Crippen molar-refractivity contribution in [2.24, 2.45) is 0 Å². The van der Waals surface area contributed by atoms with E-state index in [9.17, 15) is 14.0 Å². The van der Waals surface area contributed by atoms with Gasteiger partial charge in [-0.1, -0.05) is 12.1 Å². The lowest BCUT2D eigenvalue weighted by molar-refractivity contribution is -0.121. The van der Waals surface area contributed by atoms with Gasteiger partial charge in [0.25, 0.3) is 5.91 Å². The molecule has 0 aliphatic carbocycles. The first-order chi connectivity index (χ1) is 14.9. The maximum absolute atomic E-state index is 14.1. The highest BCUT2D eigenvalue weighted by molar-refractivity contribution is 5.97. The Morgan fingerprint density at radius 1 is 1.03 bits per heavy atom. The number of benzene rings is 2. The molecule has 3 rings (SSSR count). The highest BCUT2D eigenvalue weighted by Gasteiger charge is 2.20. The van der Waals surface area contributed by atoms with Gasteiger partial charge in [-0.05, 0) is 62.4 Å². The summed E-state index contributed by atoms with van der Waals surface area (Å²) < 4.78 is 21.3. The smallest absolute Gasteiger partial charge is 0.338 e. The van der Waals surface area contributed by atoms with Crippen LogP contribution in [0.4, 0.5) is 10.1 Å². The molecule has 3 aromatic rings. The van der Waals surface area contributed by atoms with E-state index >= 15 is 0 Å². The number of para-hydroxylation sites is 1. The quantitative estimate of drug-likeness (QED) is 0.534. The molecule has 7 heteroatoms. The second-order valence-corrected chi connectivity index (χ2v) is 6.98. The minimum Gasteiger partial charge on any atom is -0.452 e. The van der Waals surface area contributed by atoms with Gasteiger partial charge in [0, 0.05) is 23.6 Å². The molecule has 0 saturated heterocycles. The number of nitrogens with zero attached hydrogens (tertiary/aromatic N) is 3. The van der Waals surface area contributed by atoms with Crippen molar-refractivity contribution in [2.45, 2.75) is 20.3 Å². The van der Waals surface area contributed by atoms with Crippen LogP contribution in [0.5, 0.6) is 0 Å². The van der Waals surface area contributed by atoms with Gasteiger partial charge in [-0.2, -0.15) is 5.26 Å². The maximum atomic E-state index is 14.1. The Morgan fingerprint density at radius 2 is 1.68 bits per heavy atom. The molecule has 0 unspecified atom stereocenters. The van der Waals surface area contributed by atoms with Gasteiger partial charge in [0.15, 0.2) is 6.61 Å². The summed E-state index contributed by atoms with van der Waals surface area (Å²) in [7, 11) is 0. The normalized spacial score (nSPS) is 10.4. The molecular formula is C24H22FN3O3. The summed E-state index contributed by atoms with van der Waals surface area (Å²) in [6.07, 6.45) is 0.0215. The SMILES string of the molecule is Cc1ccc(C)n1-c1ccc(C(=O)OCC(=O)N(CCC#N)c2ccccc2F)cc1. The first-order valence-corrected chi connectivity index (χ1v) is 9.76. The third kappa shape index (κ3) is 4.98. The minimum absolute atomic E-state index is 0.00190. The van der Waals surface area contributed by atoms with Crippen molar-refractivity contribution in [3.05, 3.63) is 83.4 Å². The molecule has 1 heterocycles. The van der Waals surface area contributed by atoms with E-state index in [2.05, 4.69) is 4.57 Å². The summed E-state index contributed by atoms with van der Waals surface area (Å²) in [5, 5.41) is 8.84. The average Bonchev–Trinajstić information content (AvgIpc) is 3.11. The predicted octanol–water partition coefficient (Wildman–Crippen LogP) is 4.34. The zero-order chi connectivity index (χ0) is 22.4. The van der Waals surface area contributed by atoms with Crippen molar-refractivity contribution in [1.29, 1.82) is 5.26 Å². The molecular weight excluding hydrogens is 397 g/mol. The second-order valence-electron chi connectivity index (χ2n) is 6.98. The van der Waals surface area contributed by atoms with E-state index in [0.29, 0.717) is 5.56 Å². The molecule has 0 radical (unpaired) electrons. The number of aromatic nitrogens is 1. The topological polar surface area (TPSA) is 75.3 Å². The Kier molecular flexibility index (Phi) is 6.83. The molecule has 0 N–H and O–H groups in total. The Bertz CT molecular complexity index is 1110. The minimum atomic E-state index is -0.658. The molecule has 158 valence electrons. The van der Waals surface area contributed by atoms with E-state index in [-0.39, 0.29) is 18.7 Å². The summed E-state index contributed by atoms with van der Waals surface area (Å²) in [6, 6.07) is 18.6. The van der Waals surface area contributed by atoms with Crippen LogP contribution in [0.15, 0.2) is 60.7 Å². The first kappa shape index (κ1) is 21.8. The fraction of sp³-hybridized carbons (Fsp3) is 0.208. The number of nitriles is 1. The van der Waals surface area contributed by atoms with Gasteiger partial charge in [-0.25, -0.2) is 9.18 Å². The summed E-state index contributed by atoms with van der Waals surface area (Å²) in [4.78, 5) is 26.1. The average molecular weight is 419 g/mol. The van der Waals surface area contributed by atoms with Crippen molar-refractivity contribution in [2.75, 3.05) is 18.1 Å². The second kappa shape index (κ2) is 9.72. The number of ether oxygens (including phenoxy) is 1. The molecule has 0 fully saturated rings. The molecule has 1 amide bonds. The van der Waals surface area contributed by atoms with Crippen LogP contribution in [0.3, 0.4) is 0 Å². The number of hydrogen-bond acceptors (Lipinski definition) is 4. The Morgan fingerprint density at radius 3 is 2.29 bits per heavy atom. The number of esters is 1. The monoisotopic (exact) mass is 419 g/mol. The molecule has 0 aliphatic heterocycles. The van der Waals surface area contributed by atoms with Crippen LogP contribution in [0.25, 0.3) is 5.69 Å². The number of halogens is 1. The molecule has 0 spiro atoms. The van der Waals surface area contributed by atoms with Gasteiger partial charge in [0.1, 0.15) is 5.82 Å². The van der Waals surface area contributed by atoms with Gasteiger partial charge in [0.05, 0.1) is 23.7 Å². The van der Waals surface area contributed by atoms with Gasteiger partial charge in [0.2, 0.25) is 0 Å². The van der Waals surface area contributed by atoms with Gasteiger partial charge in [-0.15, -0.1) is 0 Å². The number of carbonyl (C=O) groups excluding carboxylic acids is 2. The summed E-state index contributed by atoms with van der Waals surface area (Å²) >= 11 is 0. The van der Waals surface area contributed by atoms with Crippen LogP contribution < -0.4 is 4.90 Å². The fourth-order valence-corrected chi connectivity index (χ4v) is 3.32. The lowest BCUT2D eigenvalue weighted by Crippen LogP contribution is -2.36. The Hall–Kier alpha value is -3.92. The van der Waals surface area contributed by atoms with E-state index in [1.165, 1.54) is 18.2 Å². The standard InChI is InChI=1S/C24H22FN3O3/c1-17-8-9-18(2)28(17)20-12-10-19(11-13-20)24(30)31-16-23(29)27(15-5-14-26)22-7-4-3-6-21(22)25/h3-4,6-13H,5,15-16H2,1-2H3. The van der Waals surface area contributed by atoms with Crippen molar-refractivity contribution in [3.8, 4) is 11.8 Å². The van der Waals surface area contributed by atoms with Crippen LogP contribution >= 0.6 is 0 Å². The fourth-order valence-electron chi connectivity index (χ4n) is 3.32. The van der Waals surface area contributed by atoms with Crippen molar-refractivity contribution in [3.63, 3.8) is 0 Å². The molecule has 0 aliphatic rings. The lowest BCUT2D eigenvalue weighted by atomic mass is 10.2. The van der Waals surface area contributed by atoms with Crippen LogP contribution in [0, 0.1) is 31.0 Å². The molecule has 31 heavy (non-hydrogen) atoms. The number of anilines is 1. The van der Waals surface area contributed by atoms with E-state index in [1.54, 1.807) is 30.3 Å². The van der Waals surface area contributed by atoms with Crippen molar-refractivity contribution in [1.82, 2.24) is 4.57 Å². The van der Waals surface area contributed by atoms with Gasteiger partial charge < -0.3 is 14.2 Å². The maximum Gasteiger partial charge on any atom is 0.338 e. The van der Waals surface area contributed by atoms with E-state index in [0.717, 1.165) is 22.0 Å². The first-order valence-electron chi connectivity index (χ1n) is 9.76. The van der Waals surface area contributed by atoms with E-state index in [4.69, 9.17) is 10.00 Å². The van der Waals surface area contributed by atoms with E-state index < -0.39 is 24.3 Å². The predicted molar refractivity (Wildman–Crippen MR) is 115 cm³/mol. The number of carbonyl (C=O) groups is 2. The number of amides is 1. The summed E-state index contributed by atoms with van der Waals surface area (Å²) in [5.41, 5.74) is 3.40. The summed E-state index contributed by atoms with van der Waals surface area (Å²) in [6.45, 7) is 3.43. The third-order valence-electron chi connectivity index (χ3n) is 4.85. The molecule has 1 aromatic heterocycles. The molecule has 0 atom stereocenters. The highest BCUT2D eigenvalue weighted by Crippen LogP contribution is 2.20. The lowest BCUT2D eigenvalue weighted by Gasteiger charge is -2.22. The van der Waals surface area contributed by atoms with Crippen LogP contribution in [-0.2, 0) is 9.53 Å². The highest BCUT2D eigenvalue weighted by atomic mass is 19.1. The van der Waals surface area contributed by atoms with Crippen molar-refractivity contribution >= 4 is 17.6 Å². The van der Waals surface area contributed by atoms with Crippen LogP contribution in [-0.4, -0.2) is 29.6 Å². The zero-order valence-electron chi connectivity index (χ0n) is 17.3. The summed E-state index contributed by atoms with van der Waals surface area (Å²) in [5.74, 6) is -1.86. The molecule has 2 aromatic carbocycles. The zero-order valence-corrected chi connectivity index (χ0v) is 17.3. The van der Waals surface area contributed by atoms with Gasteiger partial charge in [-0.3, -0.25) is 4.79 Å². The largest absolute Gasteiger partial charge is 0.452 e. The Labute approximate surface area is 180 Å². The number of hydrogen-bond donors (Lipinski definition) is 0. The molecule has 0 saturated carbocycles. The molecule has 6 nitrogen and oxygen atoms in total. The number of rotatable bonds is 7. The van der Waals surface area contributed by atoms with Gasteiger partial charge >= 0.3 is 5.97 Å². The Balaban J connectivity index is 1.68.